The van der Waals surface area contributed by atoms with Crippen LogP contribution < -0.4 is 4.74 Å². The van der Waals surface area contributed by atoms with Crippen molar-refractivity contribution < 1.29 is 23.0 Å². The zero-order valence-electron chi connectivity index (χ0n) is 15.4. The van der Waals surface area contributed by atoms with Gasteiger partial charge in [0.1, 0.15) is 23.1 Å². The summed E-state index contributed by atoms with van der Waals surface area (Å²) in [5.74, 6) is 0.182. The van der Waals surface area contributed by atoms with Gasteiger partial charge in [-0.25, -0.2) is 23.5 Å². The highest BCUT2D eigenvalue weighted by atomic mass is 32.2. The molecule has 2 rings (SSSR count). The van der Waals surface area contributed by atoms with Crippen LogP contribution in [0.1, 0.15) is 28.9 Å². The first-order chi connectivity index (χ1) is 13.4. The van der Waals surface area contributed by atoms with Crippen LogP contribution in [-0.4, -0.2) is 30.2 Å². The number of aromatic nitrogens is 2. The molecule has 0 spiro atoms. The van der Waals surface area contributed by atoms with Gasteiger partial charge in [-0.2, -0.15) is 5.26 Å². The average Bonchev–Trinajstić information content (AvgIpc) is 2.69. The molecule has 28 heavy (non-hydrogen) atoms. The molecule has 0 N–H and O–H groups in total. The number of aryl methyl sites for hydroxylation is 1. The topological polar surface area (TPSA) is 85.1 Å². The van der Waals surface area contributed by atoms with E-state index in [4.69, 9.17) is 10.00 Å². The van der Waals surface area contributed by atoms with E-state index in [-0.39, 0.29) is 16.4 Å². The summed E-state index contributed by atoms with van der Waals surface area (Å²) >= 11 is 1.18. The monoisotopic (exact) mass is 405 g/mol. The number of methoxy groups -OCH3 is 2. The molecule has 146 valence electrons. The van der Waals surface area contributed by atoms with Gasteiger partial charge >= 0.3 is 5.97 Å². The smallest absolute Gasteiger partial charge is 0.348 e. The number of nitrogens with zero attached hydrogens (tertiary/aromatic N) is 3. The van der Waals surface area contributed by atoms with Crippen molar-refractivity contribution in [3.8, 4) is 11.8 Å². The second-order valence-corrected chi connectivity index (χ2v) is 6.48. The molecule has 0 aliphatic carbocycles. The van der Waals surface area contributed by atoms with Crippen LogP contribution >= 0.6 is 11.8 Å². The van der Waals surface area contributed by atoms with Gasteiger partial charge in [0, 0.05) is 17.0 Å². The van der Waals surface area contributed by atoms with Crippen molar-refractivity contribution >= 4 is 23.8 Å². The molecular weight excluding hydrogens is 388 g/mol. The lowest BCUT2D eigenvalue weighted by Crippen LogP contribution is -2.02. The molecular formula is C19H17F2N3O3S. The van der Waals surface area contributed by atoms with E-state index >= 15 is 0 Å². The number of nitriles is 1. The number of halogens is 2. The molecule has 1 aromatic heterocycles. The number of ether oxygens (including phenoxy) is 2. The Morgan fingerprint density at radius 3 is 2.68 bits per heavy atom. The van der Waals surface area contributed by atoms with Crippen molar-refractivity contribution in [2.45, 2.75) is 24.3 Å². The predicted molar refractivity (Wildman–Crippen MR) is 99.9 cm³/mol. The summed E-state index contributed by atoms with van der Waals surface area (Å²) in [6, 6.07) is 8.14. The van der Waals surface area contributed by atoms with Gasteiger partial charge in [-0.3, -0.25) is 0 Å². The van der Waals surface area contributed by atoms with Gasteiger partial charge in [0.2, 0.25) is 0 Å². The number of alkyl halides is 2. The summed E-state index contributed by atoms with van der Waals surface area (Å²) < 4.78 is 35.7. The maximum Gasteiger partial charge on any atom is 0.348 e. The Morgan fingerprint density at radius 2 is 2.07 bits per heavy atom. The van der Waals surface area contributed by atoms with Crippen LogP contribution in [0.3, 0.4) is 0 Å². The van der Waals surface area contributed by atoms with E-state index in [2.05, 4.69) is 14.7 Å². The molecule has 0 bridgehead atoms. The molecule has 1 aromatic carbocycles. The van der Waals surface area contributed by atoms with E-state index in [9.17, 15) is 13.6 Å². The Labute approximate surface area is 165 Å². The summed E-state index contributed by atoms with van der Waals surface area (Å²) in [5, 5.41) is 9.31. The molecule has 0 saturated carbocycles. The first-order valence-corrected chi connectivity index (χ1v) is 9.00. The van der Waals surface area contributed by atoms with E-state index in [1.54, 1.807) is 31.2 Å². The maximum atomic E-state index is 12.9. The highest BCUT2D eigenvalue weighted by Gasteiger charge is 2.14. The molecule has 0 amide bonds. The van der Waals surface area contributed by atoms with Crippen LogP contribution in [-0.2, 0) is 15.3 Å². The van der Waals surface area contributed by atoms with Gasteiger partial charge in [0.25, 0.3) is 6.43 Å². The Hall–Kier alpha value is -2.99. The van der Waals surface area contributed by atoms with Gasteiger partial charge in [0.05, 0.1) is 14.2 Å². The molecule has 0 radical (unpaired) electrons. The van der Waals surface area contributed by atoms with Crippen molar-refractivity contribution in [1.82, 2.24) is 9.97 Å². The van der Waals surface area contributed by atoms with Gasteiger partial charge < -0.3 is 9.47 Å². The van der Waals surface area contributed by atoms with E-state index < -0.39 is 12.4 Å². The lowest BCUT2D eigenvalue weighted by atomic mass is 10.1. The highest BCUT2D eigenvalue weighted by molar-refractivity contribution is 7.98. The van der Waals surface area contributed by atoms with Crippen LogP contribution in [0, 0.1) is 18.3 Å². The van der Waals surface area contributed by atoms with Crippen molar-refractivity contribution in [3.05, 3.63) is 52.4 Å². The highest BCUT2D eigenvalue weighted by Crippen LogP contribution is 2.29. The third-order valence-corrected chi connectivity index (χ3v) is 4.47. The summed E-state index contributed by atoms with van der Waals surface area (Å²) in [7, 11) is 2.70. The van der Waals surface area contributed by atoms with E-state index in [0.717, 1.165) is 5.56 Å². The minimum atomic E-state index is -2.67. The number of thioether (sulfide) groups is 1. The van der Waals surface area contributed by atoms with E-state index in [1.807, 2.05) is 0 Å². The molecule has 0 aliphatic rings. The molecule has 0 atom stereocenters. The zero-order chi connectivity index (χ0) is 20.7. The molecule has 0 saturated heterocycles. The van der Waals surface area contributed by atoms with Crippen LogP contribution in [0.15, 0.2) is 35.0 Å². The number of benzene rings is 1. The standard InChI is InChI=1S/C19H17F2N3O3S/c1-11-6-15(17(20)21)24-19(23-11)28-10-14-8-12(4-5-16(14)26-2)7-13(9-22)18(25)27-3/h4-8,17H,10H2,1-3H3/b13-7+. The van der Waals surface area contributed by atoms with Crippen molar-refractivity contribution in [2.75, 3.05) is 14.2 Å². The number of hydrogen-bond donors (Lipinski definition) is 0. The van der Waals surface area contributed by atoms with Crippen LogP contribution in [0.2, 0.25) is 0 Å². The first kappa shape index (κ1) is 21.3. The fraction of sp³-hybridized carbons (Fsp3) is 0.263. The first-order valence-electron chi connectivity index (χ1n) is 8.01. The van der Waals surface area contributed by atoms with Gasteiger partial charge in [-0.1, -0.05) is 17.8 Å². The minimum Gasteiger partial charge on any atom is -0.496 e. The van der Waals surface area contributed by atoms with Crippen LogP contribution in [0.25, 0.3) is 6.08 Å². The lowest BCUT2D eigenvalue weighted by molar-refractivity contribution is -0.135. The van der Waals surface area contributed by atoms with E-state index in [0.29, 0.717) is 22.8 Å². The maximum absolute atomic E-state index is 12.9. The summed E-state index contributed by atoms with van der Waals surface area (Å²) in [4.78, 5) is 19.6. The normalized spacial score (nSPS) is 11.2. The molecule has 9 heteroatoms. The Morgan fingerprint density at radius 1 is 1.32 bits per heavy atom. The SMILES string of the molecule is COC(=O)/C(C#N)=C/c1ccc(OC)c(CSc2nc(C)cc(C(F)F)n2)c1. The molecule has 0 fully saturated rings. The fourth-order valence-corrected chi connectivity index (χ4v) is 3.19. The van der Waals surface area contributed by atoms with Crippen LogP contribution in [0.5, 0.6) is 5.75 Å². The lowest BCUT2D eigenvalue weighted by Gasteiger charge is -2.10. The third kappa shape index (κ3) is 5.50. The third-order valence-electron chi connectivity index (χ3n) is 3.58. The van der Waals surface area contributed by atoms with Crippen LogP contribution in [0.4, 0.5) is 8.78 Å². The number of rotatable bonds is 7. The summed E-state index contributed by atoms with van der Waals surface area (Å²) in [5.41, 5.74) is 1.31. The number of carbonyl (C=O) groups is 1. The van der Waals surface area contributed by atoms with Gasteiger partial charge in [-0.15, -0.1) is 0 Å². The molecule has 2 aromatic rings. The molecule has 6 nitrogen and oxygen atoms in total. The second-order valence-electron chi connectivity index (χ2n) is 5.54. The van der Waals surface area contributed by atoms with Crippen molar-refractivity contribution in [1.29, 1.82) is 5.26 Å². The number of esters is 1. The average molecular weight is 405 g/mol. The second kappa shape index (κ2) is 9.80. The van der Waals surface area contributed by atoms with Gasteiger partial charge in [-0.05, 0) is 36.8 Å². The Bertz CT molecular complexity index is 943. The number of carbonyl (C=O) groups excluding carboxylic acids is 1. The Kier molecular flexibility index (Phi) is 7.46. The quantitative estimate of drug-likeness (QED) is 0.225. The molecule has 1 heterocycles. The minimum absolute atomic E-state index is 0.144. The van der Waals surface area contributed by atoms with Crippen molar-refractivity contribution in [3.63, 3.8) is 0 Å². The Balaban J connectivity index is 2.29. The van der Waals surface area contributed by atoms with E-state index in [1.165, 1.54) is 38.1 Å². The zero-order valence-corrected chi connectivity index (χ0v) is 16.2. The van der Waals surface area contributed by atoms with Crippen molar-refractivity contribution in [2.24, 2.45) is 0 Å². The largest absolute Gasteiger partial charge is 0.496 e. The molecule has 0 unspecified atom stereocenters. The summed E-state index contributed by atoms with van der Waals surface area (Å²) in [6.07, 6.45) is -1.27. The fourth-order valence-electron chi connectivity index (χ4n) is 2.30. The molecule has 0 aliphatic heterocycles. The van der Waals surface area contributed by atoms with Gasteiger partial charge in [0.15, 0.2) is 5.16 Å². The number of hydrogen-bond acceptors (Lipinski definition) is 7. The predicted octanol–water partition coefficient (Wildman–Crippen LogP) is 4.10. The summed E-state index contributed by atoms with van der Waals surface area (Å²) in [6.45, 7) is 1.62.